The number of rotatable bonds is 14. The molecule has 1 unspecified atom stereocenters. The van der Waals surface area contributed by atoms with E-state index < -0.39 is 18.2 Å². The van der Waals surface area contributed by atoms with E-state index in [9.17, 15) is 9.18 Å². The van der Waals surface area contributed by atoms with Gasteiger partial charge in [0.25, 0.3) is 0 Å². The Bertz CT molecular complexity index is 1610. The van der Waals surface area contributed by atoms with Gasteiger partial charge in [-0.25, -0.2) is 13.6 Å². The molecule has 2 aromatic carbocycles. The molecule has 0 bridgehead atoms. The number of benzene rings is 2. The predicted octanol–water partition coefficient (Wildman–Crippen LogP) is 5.04. The average Bonchev–Trinajstić information content (AvgIpc) is 3.76. The lowest BCUT2D eigenvalue weighted by Crippen LogP contribution is -2.22. The Morgan fingerprint density at radius 3 is 2.71 bits per heavy atom. The lowest BCUT2D eigenvalue weighted by Gasteiger charge is -2.11. The number of aryl methyl sites for hydroxylation is 1. The average molecular weight is 596 g/mol. The van der Waals surface area contributed by atoms with E-state index in [2.05, 4.69) is 20.3 Å². The van der Waals surface area contributed by atoms with E-state index in [1.54, 1.807) is 24.4 Å². The Hall–Kier alpha value is -3.60. The number of aromatic amines is 1. The topological polar surface area (TPSA) is 127 Å². The van der Waals surface area contributed by atoms with Gasteiger partial charge >= 0.3 is 5.69 Å². The van der Waals surface area contributed by atoms with Crippen LogP contribution in [-0.4, -0.2) is 46.2 Å². The van der Waals surface area contributed by atoms with Gasteiger partial charge in [-0.2, -0.15) is 4.98 Å². The molecular formula is C31H36ClF2N7O. The molecule has 1 saturated carbocycles. The van der Waals surface area contributed by atoms with Gasteiger partial charge in [-0.15, -0.1) is 0 Å². The molecule has 0 saturated heterocycles. The number of nitrogens with one attached hydrogen (secondary N) is 2. The zero-order chi connectivity index (χ0) is 29.6. The first-order valence-electron chi connectivity index (χ1n) is 14.3. The lowest BCUT2D eigenvalue weighted by molar-refractivity contribution is 0.528. The highest BCUT2D eigenvalue weighted by atomic mass is 35.5. The number of aromatic nitrogens is 3. The molecule has 0 amide bonds. The summed E-state index contributed by atoms with van der Waals surface area (Å²) in [4.78, 5) is 24.1. The van der Waals surface area contributed by atoms with E-state index in [1.165, 1.54) is 17.4 Å². The Labute approximate surface area is 248 Å². The zero-order valence-corrected chi connectivity index (χ0v) is 24.1. The van der Waals surface area contributed by atoms with E-state index in [1.807, 2.05) is 24.3 Å². The molecule has 5 rings (SSSR count). The Balaban J connectivity index is 1.27. The lowest BCUT2D eigenvalue weighted by atomic mass is 10.00. The number of alkyl halides is 1. The molecule has 1 aliphatic rings. The smallest absolute Gasteiger partial charge is 0.354 e. The second-order valence-corrected chi connectivity index (χ2v) is 11.3. The van der Waals surface area contributed by atoms with Crippen molar-refractivity contribution < 1.29 is 8.78 Å². The summed E-state index contributed by atoms with van der Waals surface area (Å²) in [6, 6.07) is 13.1. The van der Waals surface area contributed by atoms with Crippen molar-refractivity contribution in [2.24, 2.45) is 22.4 Å². The predicted molar refractivity (Wildman–Crippen MR) is 165 cm³/mol. The van der Waals surface area contributed by atoms with Crippen LogP contribution in [0.4, 0.5) is 8.78 Å². The van der Waals surface area contributed by atoms with Crippen LogP contribution in [0, 0.1) is 11.7 Å². The van der Waals surface area contributed by atoms with Gasteiger partial charge in [0, 0.05) is 36.3 Å². The summed E-state index contributed by atoms with van der Waals surface area (Å²) in [6.07, 6.45) is 7.48. The molecular weight excluding hydrogens is 560 g/mol. The van der Waals surface area contributed by atoms with Crippen molar-refractivity contribution in [3.63, 3.8) is 0 Å². The van der Waals surface area contributed by atoms with Crippen LogP contribution < -0.4 is 22.5 Å². The summed E-state index contributed by atoms with van der Waals surface area (Å²) in [5.74, 6) is 0.153. The third-order valence-electron chi connectivity index (χ3n) is 7.62. The minimum atomic E-state index is -0.728. The molecule has 0 radical (unpaired) electrons. The van der Waals surface area contributed by atoms with Crippen LogP contribution in [0.1, 0.15) is 43.2 Å². The molecule has 1 fully saturated rings. The van der Waals surface area contributed by atoms with Gasteiger partial charge in [-0.3, -0.25) is 9.56 Å². The van der Waals surface area contributed by atoms with Gasteiger partial charge in [0.2, 0.25) is 0 Å². The van der Waals surface area contributed by atoms with Crippen molar-refractivity contribution in [2.75, 3.05) is 19.8 Å². The summed E-state index contributed by atoms with van der Waals surface area (Å²) in [5, 5.41) is 4.04. The normalized spacial score (nSPS) is 14.5. The van der Waals surface area contributed by atoms with Gasteiger partial charge in [-0.05, 0) is 92.4 Å². The number of hydrogen-bond donors (Lipinski definition) is 4. The van der Waals surface area contributed by atoms with Crippen LogP contribution in [0.5, 0.6) is 0 Å². The second kappa shape index (κ2) is 13.6. The van der Waals surface area contributed by atoms with Crippen molar-refractivity contribution >= 4 is 28.5 Å². The van der Waals surface area contributed by atoms with E-state index in [0.717, 1.165) is 36.8 Å². The summed E-state index contributed by atoms with van der Waals surface area (Å²) < 4.78 is 28.9. The van der Waals surface area contributed by atoms with Gasteiger partial charge in [0.1, 0.15) is 18.2 Å². The highest BCUT2D eigenvalue weighted by Gasteiger charge is 2.27. The first kappa shape index (κ1) is 29.9. The standard InChI is InChI=1S/C31H36ClF2N7O/c32-25-14-20(3-1-4-26(35)21-7-8-21)13-24(29(25)34)27-15-22-18-41(31(42)40-30(22)39-27)23-9-5-19(6-10-23)17-37-11-2-12-38-28(36)16-33/h5-6,9-10,13-15,18,21,26,37H,1-4,7-8,11-12,16-17,35H2,(H2,36,38)(H,39,40,42). The van der Waals surface area contributed by atoms with Crippen LogP contribution in [0.2, 0.25) is 5.02 Å². The van der Waals surface area contributed by atoms with Gasteiger partial charge in [0.05, 0.1) is 16.4 Å². The fourth-order valence-corrected chi connectivity index (χ4v) is 5.33. The number of H-pyrrole nitrogens is 1. The number of aliphatic imine (C=N–C) groups is 1. The van der Waals surface area contributed by atoms with Crippen molar-refractivity contribution in [3.8, 4) is 16.9 Å². The molecule has 2 heterocycles. The molecule has 1 atom stereocenters. The van der Waals surface area contributed by atoms with Gasteiger partial charge in [-0.1, -0.05) is 23.7 Å². The highest BCUT2D eigenvalue weighted by molar-refractivity contribution is 6.31. The van der Waals surface area contributed by atoms with Crippen LogP contribution in [0.3, 0.4) is 0 Å². The Morgan fingerprint density at radius 2 is 1.98 bits per heavy atom. The third kappa shape index (κ3) is 7.42. The molecule has 222 valence electrons. The van der Waals surface area contributed by atoms with E-state index >= 15 is 4.39 Å². The summed E-state index contributed by atoms with van der Waals surface area (Å²) in [6.45, 7) is 1.09. The van der Waals surface area contributed by atoms with Crippen LogP contribution in [-0.2, 0) is 13.0 Å². The summed E-state index contributed by atoms with van der Waals surface area (Å²) in [7, 11) is 0. The van der Waals surface area contributed by atoms with Crippen molar-refractivity contribution in [2.45, 2.75) is 51.1 Å². The fraction of sp³-hybridized carbons (Fsp3) is 0.387. The molecule has 1 aliphatic carbocycles. The number of nitrogens with zero attached hydrogens (tertiary/aromatic N) is 3. The SMILES string of the molecule is NC(CF)=NCCCNCc1ccc(-n2cc3cc(-c4cc(CCCC(N)C5CC5)cc(Cl)c4F)[nH]c3nc2=O)cc1. The molecule has 6 N–H and O–H groups in total. The van der Waals surface area contributed by atoms with Crippen LogP contribution in [0.25, 0.3) is 28.0 Å². The van der Waals surface area contributed by atoms with Crippen molar-refractivity contribution in [3.05, 3.63) is 81.1 Å². The largest absolute Gasteiger partial charge is 0.385 e. The molecule has 2 aromatic heterocycles. The number of halogens is 3. The summed E-state index contributed by atoms with van der Waals surface area (Å²) in [5.41, 5.74) is 15.0. The summed E-state index contributed by atoms with van der Waals surface area (Å²) >= 11 is 6.27. The Kier molecular flexibility index (Phi) is 9.66. The first-order valence-corrected chi connectivity index (χ1v) is 14.7. The maximum Gasteiger partial charge on any atom is 0.354 e. The number of hydrogen-bond acceptors (Lipinski definition) is 5. The highest BCUT2D eigenvalue weighted by Crippen LogP contribution is 2.34. The van der Waals surface area contributed by atoms with E-state index in [4.69, 9.17) is 23.1 Å². The molecule has 8 nitrogen and oxygen atoms in total. The van der Waals surface area contributed by atoms with E-state index in [-0.39, 0.29) is 16.9 Å². The number of amidine groups is 1. The minimum Gasteiger partial charge on any atom is -0.385 e. The molecule has 4 aromatic rings. The second-order valence-electron chi connectivity index (χ2n) is 10.9. The fourth-order valence-electron chi connectivity index (χ4n) is 5.09. The number of fused-ring (bicyclic) bond motifs is 1. The van der Waals surface area contributed by atoms with Crippen LogP contribution >= 0.6 is 11.6 Å². The van der Waals surface area contributed by atoms with Crippen LogP contribution in [0.15, 0.2) is 58.4 Å². The molecule has 42 heavy (non-hydrogen) atoms. The van der Waals surface area contributed by atoms with Gasteiger partial charge < -0.3 is 21.8 Å². The van der Waals surface area contributed by atoms with Crippen molar-refractivity contribution in [1.82, 2.24) is 19.9 Å². The monoisotopic (exact) mass is 595 g/mol. The maximum atomic E-state index is 15.1. The zero-order valence-electron chi connectivity index (χ0n) is 23.4. The molecule has 11 heteroatoms. The first-order chi connectivity index (χ1) is 20.3. The van der Waals surface area contributed by atoms with Crippen molar-refractivity contribution in [1.29, 1.82) is 0 Å². The Morgan fingerprint density at radius 1 is 1.19 bits per heavy atom. The maximum absolute atomic E-state index is 15.1. The third-order valence-corrected chi connectivity index (χ3v) is 7.90. The quantitative estimate of drug-likeness (QED) is 0.0923. The van der Waals surface area contributed by atoms with Gasteiger partial charge in [0.15, 0.2) is 5.82 Å². The van der Waals surface area contributed by atoms with E-state index in [0.29, 0.717) is 53.5 Å². The molecule has 0 aliphatic heterocycles. The molecule has 0 spiro atoms. The minimum absolute atomic E-state index is 0.0192. The number of nitrogens with two attached hydrogens (primary N) is 2.